The molecule has 0 fully saturated rings. The summed E-state index contributed by atoms with van der Waals surface area (Å²) in [7, 11) is 1.64. The Bertz CT molecular complexity index is 1290. The van der Waals surface area contributed by atoms with E-state index >= 15 is 0 Å². The lowest BCUT2D eigenvalue weighted by atomic mass is 10.1. The summed E-state index contributed by atoms with van der Waals surface area (Å²) in [6.45, 7) is 5.28. The first-order valence-corrected chi connectivity index (χ1v) is 10.8. The molecule has 4 aromatic rings. The number of nitrogens with zero attached hydrogens (tertiary/aromatic N) is 4. The summed E-state index contributed by atoms with van der Waals surface area (Å²) in [5.74, 6) is 1.85. The Balaban J connectivity index is 1.46. The summed E-state index contributed by atoms with van der Waals surface area (Å²) in [6.07, 6.45) is 4.40. The molecule has 1 aliphatic rings. The predicted molar refractivity (Wildman–Crippen MR) is 123 cm³/mol. The van der Waals surface area contributed by atoms with Gasteiger partial charge < -0.3 is 14.2 Å². The average Bonchev–Trinajstić information content (AvgIpc) is 3.50. The molecule has 0 N–H and O–H groups in total. The first-order chi connectivity index (χ1) is 15.5. The first-order valence-electron chi connectivity index (χ1n) is 10.8. The highest BCUT2D eigenvalue weighted by Crippen LogP contribution is 2.32. The number of carbonyl (C=O) groups excluding carboxylic acids is 1. The van der Waals surface area contributed by atoms with Gasteiger partial charge >= 0.3 is 0 Å². The van der Waals surface area contributed by atoms with Crippen molar-refractivity contribution in [3.05, 3.63) is 94.9 Å². The summed E-state index contributed by atoms with van der Waals surface area (Å²) in [6, 6.07) is 18.1. The molecule has 2 aromatic heterocycles. The fourth-order valence-corrected chi connectivity index (χ4v) is 4.40. The number of amides is 1. The second kappa shape index (κ2) is 8.04. The number of rotatable bonds is 5. The van der Waals surface area contributed by atoms with Crippen molar-refractivity contribution in [2.45, 2.75) is 33.4 Å². The highest BCUT2D eigenvalue weighted by molar-refractivity contribution is 5.79. The minimum Gasteiger partial charge on any atom is -0.497 e. The van der Waals surface area contributed by atoms with E-state index < -0.39 is 0 Å². The van der Waals surface area contributed by atoms with Crippen LogP contribution in [0.25, 0.3) is 11.5 Å². The third-order valence-corrected chi connectivity index (χ3v) is 6.00. The molecule has 0 radical (unpaired) electrons. The van der Waals surface area contributed by atoms with Crippen molar-refractivity contribution in [3.63, 3.8) is 0 Å². The molecule has 6 nitrogen and oxygen atoms in total. The Hall–Kier alpha value is -3.80. The maximum absolute atomic E-state index is 13.1. The van der Waals surface area contributed by atoms with Gasteiger partial charge in [0.15, 0.2) is 0 Å². The number of methoxy groups -OCH3 is 1. The van der Waals surface area contributed by atoms with Crippen LogP contribution >= 0.6 is 0 Å². The van der Waals surface area contributed by atoms with Crippen LogP contribution in [0.1, 0.15) is 27.9 Å². The molecule has 0 saturated carbocycles. The molecule has 1 amide bonds. The van der Waals surface area contributed by atoms with Crippen LogP contribution in [0.4, 0.5) is 0 Å². The smallest absolute Gasteiger partial charge is 0.227 e. The van der Waals surface area contributed by atoms with Crippen LogP contribution in [-0.4, -0.2) is 32.3 Å². The number of benzene rings is 2. The maximum Gasteiger partial charge on any atom is 0.227 e. The molecule has 0 bridgehead atoms. The van der Waals surface area contributed by atoms with E-state index in [0.29, 0.717) is 19.5 Å². The molecule has 1 aliphatic heterocycles. The van der Waals surface area contributed by atoms with E-state index in [0.717, 1.165) is 34.1 Å². The van der Waals surface area contributed by atoms with E-state index in [1.165, 1.54) is 11.1 Å². The Kier molecular flexibility index (Phi) is 5.05. The molecule has 3 heterocycles. The second-order valence-electron chi connectivity index (χ2n) is 8.32. The fraction of sp³-hybridized carbons (Fsp3) is 0.231. The van der Waals surface area contributed by atoms with Crippen molar-refractivity contribution in [1.29, 1.82) is 0 Å². The van der Waals surface area contributed by atoms with E-state index in [1.807, 2.05) is 58.4 Å². The molecule has 2 aromatic carbocycles. The largest absolute Gasteiger partial charge is 0.497 e. The normalized spacial score (nSPS) is 12.8. The molecule has 162 valence electrons. The molecule has 0 spiro atoms. The van der Waals surface area contributed by atoms with Crippen molar-refractivity contribution in [2.75, 3.05) is 7.11 Å². The van der Waals surface area contributed by atoms with E-state index in [-0.39, 0.29) is 5.91 Å². The van der Waals surface area contributed by atoms with Gasteiger partial charge in [-0.05, 0) is 55.3 Å². The van der Waals surface area contributed by atoms with Gasteiger partial charge in [-0.3, -0.25) is 4.79 Å². The summed E-state index contributed by atoms with van der Waals surface area (Å²) in [5, 5.41) is 4.96. The highest BCUT2D eigenvalue weighted by atomic mass is 16.5. The number of fused-ring (bicyclic) bond motifs is 1. The van der Waals surface area contributed by atoms with Gasteiger partial charge in [-0.1, -0.05) is 29.8 Å². The van der Waals surface area contributed by atoms with Crippen LogP contribution in [0, 0.1) is 13.8 Å². The van der Waals surface area contributed by atoms with Crippen molar-refractivity contribution in [1.82, 2.24) is 19.2 Å². The Labute approximate surface area is 187 Å². The molecular formula is C26H26N4O2. The quantitative estimate of drug-likeness (QED) is 0.476. The molecule has 32 heavy (non-hydrogen) atoms. The number of carbonyl (C=O) groups is 1. The van der Waals surface area contributed by atoms with Gasteiger partial charge in [-0.15, -0.1) is 0 Å². The lowest BCUT2D eigenvalue weighted by Gasteiger charge is -2.18. The van der Waals surface area contributed by atoms with E-state index in [1.54, 1.807) is 7.11 Å². The lowest BCUT2D eigenvalue weighted by Crippen LogP contribution is -2.28. The van der Waals surface area contributed by atoms with Crippen LogP contribution in [0.3, 0.4) is 0 Å². The van der Waals surface area contributed by atoms with Crippen molar-refractivity contribution in [2.24, 2.45) is 0 Å². The number of hydrogen-bond acceptors (Lipinski definition) is 3. The number of hydrogen-bond donors (Lipinski definition) is 0. The van der Waals surface area contributed by atoms with E-state index in [4.69, 9.17) is 9.84 Å². The number of aromatic nitrogens is 3. The maximum atomic E-state index is 13.1. The zero-order chi connectivity index (χ0) is 22.2. The standard InChI is InChI=1S/C26H26N4O2/c1-18-9-10-24(19(2)13-18)30-26(28-11-4-5-12-28)22-16-29(17-23(22)27-30)25(31)15-20-7-6-8-21(14-20)32-3/h4-14H,15-17H2,1-3H3. The topological polar surface area (TPSA) is 52.3 Å². The van der Waals surface area contributed by atoms with Gasteiger partial charge in [0, 0.05) is 18.0 Å². The minimum absolute atomic E-state index is 0.0905. The molecular weight excluding hydrogens is 400 g/mol. The summed E-state index contributed by atoms with van der Waals surface area (Å²) >= 11 is 0. The SMILES string of the molecule is COc1cccc(CC(=O)N2Cc3nn(-c4ccc(C)cc4C)c(-n4cccc4)c3C2)c1. The van der Waals surface area contributed by atoms with Gasteiger partial charge in [-0.25, -0.2) is 4.68 Å². The van der Waals surface area contributed by atoms with Gasteiger partial charge in [-0.2, -0.15) is 5.10 Å². The molecule has 6 heteroatoms. The van der Waals surface area contributed by atoms with Gasteiger partial charge in [0.05, 0.1) is 38.0 Å². The van der Waals surface area contributed by atoms with Crippen molar-refractivity contribution in [3.8, 4) is 17.3 Å². The van der Waals surface area contributed by atoms with E-state index in [2.05, 4.69) is 36.6 Å². The number of ether oxygens (including phenoxy) is 1. The third kappa shape index (κ3) is 3.58. The minimum atomic E-state index is 0.0905. The average molecular weight is 427 g/mol. The van der Waals surface area contributed by atoms with Crippen molar-refractivity contribution >= 4 is 5.91 Å². The summed E-state index contributed by atoms with van der Waals surface area (Å²) in [4.78, 5) is 15.0. The molecule has 0 aliphatic carbocycles. The Morgan fingerprint density at radius 3 is 2.59 bits per heavy atom. The van der Waals surface area contributed by atoms with E-state index in [9.17, 15) is 4.79 Å². The molecule has 5 rings (SSSR count). The van der Waals surface area contributed by atoms with Crippen LogP contribution < -0.4 is 4.74 Å². The Morgan fingerprint density at radius 2 is 1.84 bits per heavy atom. The van der Waals surface area contributed by atoms with Crippen LogP contribution in [0.5, 0.6) is 5.75 Å². The predicted octanol–water partition coefficient (Wildman–Crippen LogP) is 4.37. The summed E-state index contributed by atoms with van der Waals surface area (Å²) < 4.78 is 9.39. The Morgan fingerprint density at radius 1 is 1.03 bits per heavy atom. The van der Waals surface area contributed by atoms with Gasteiger partial charge in [0.25, 0.3) is 0 Å². The third-order valence-electron chi connectivity index (χ3n) is 6.00. The van der Waals surface area contributed by atoms with Crippen LogP contribution in [-0.2, 0) is 24.3 Å². The summed E-state index contributed by atoms with van der Waals surface area (Å²) in [5.41, 5.74) is 6.45. The van der Waals surface area contributed by atoms with Crippen LogP contribution in [0.15, 0.2) is 67.0 Å². The first kappa shape index (κ1) is 20.1. The van der Waals surface area contributed by atoms with Gasteiger partial charge in [0.1, 0.15) is 11.6 Å². The zero-order valence-electron chi connectivity index (χ0n) is 18.6. The van der Waals surface area contributed by atoms with Crippen LogP contribution in [0.2, 0.25) is 0 Å². The monoisotopic (exact) mass is 426 g/mol. The fourth-order valence-electron chi connectivity index (χ4n) is 4.40. The zero-order valence-corrected chi connectivity index (χ0v) is 18.6. The highest BCUT2D eigenvalue weighted by Gasteiger charge is 2.31. The molecule has 0 saturated heterocycles. The second-order valence-corrected chi connectivity index (χ2v) is 8.32. The molecule has 0 unspecified atom stereocenters. The molecule has 0 atom stereocenters. The van der Waals surface area contributed by atoms with Gasteiger partial charge in [0.2, 0.25) is 5.91 Å². The van der Waals surface area contributed by atoms with Crippen molar-refractivity contribution < 1.29 is 9.53 Å². The number of aryl methyl sites for hydroxylation is 2. The lowest BCUT2D eigenvalue weighted by molar-refractivity contribution is -0.131.